The van der Waals surface area contributed by atoms with E-state index >= 15 is 0 Å². The van der Waals surface area contributed by atoms with Gasteiger partial charge in [-0.2, -0.15) is 5.26 Å². The van der Waals surface area contributed by atoms with Gasteiger partial charge in [-0.05, 0) is 30.3 Å². The molecule has 1 aromatic carbocycles. The lowest BCUT2D eigenvalue weighted by Crippen LogP contribution is -2.10. The standard InChI is InChI=1S/C13H11N3O2/c14-7-9-2-1-3-10(6-9)16-13(17)12-5-4-11(8-15)18-12/h1-6H,8,15H2,(H,16,17). The topological polar surface area (TPSA) is 92.0 Å². The highest BCUT2D eigenvalue weighted by atomic mass is 16.4. The number of nitrogens with zero attached hydrogens (tertiary/aromatic N) is 1. The van der Waals surface area contributed by atoms with E-state index < -0.39 is 0 Å². The number of furan rings is 1. The number of anilines is 1. The van der Waals surface area contributed by atoms with Crippen LogP contribution in [-0.2, 0) is 6.54 Å². The highest BCUT2D eigenvalue weighted by Crippen LogP contribution is 2.13. The highest BCUT2D eigenvalue weighted by molar-refractivity contribution is 6.02. The molecule has 1 amide bonds. The Labute approximate surface area is 104 Å². The smallest absolute Gasteiger partial charge is 0.291 e. The van der Waals surface area contributed by atoms with Gasteiger partial charge in [0.25, 0.3) is 5.91 Å². The van der Waals surface area contributed by atoms with Crippen molar-refractivity contribution in [1.82, 2.24) is 0 Å². The van der Waals surface area contributed by atoms with Gasteiger partial charge in [-0.15, -0.1) is 0 Å². The lowest BCUT2D eigenvalue weighted by molar-refractivity contribution is 0.0995. The van der Waals surface area contributed by atoms with Crippen LogP contribution in [0.2, 0.25) is 0 Å². The minimum Gasteiger partial charge on any atom is -0.455 e. The van der Waals surface area contributed by atoms with Gasteiger partial charge >= 0.3 is 0 Å². The van der Waals surface area contributed by atoms with E-state index in [1.54, 1.807) is 36.4 Å². The molecule has 1 aromatic heterocycles. The van der Waals surface area contributed by atoms with Crippen molar-refractivity contribution in [2.75, 3.05) is 5.32 Å². The molecule has 0 aliphatic carbocycles. The summed E-state index contributed by atoms with van der Waals surface area (Å²) < 4.78 is 5.22. The van der Waals surface area contributed by atoms with Crippen molar-refractivity contribution in [2.24, 2.45) is 5.73 Å². The van der Waals surface area contributed by atoms with E-state index in [1.165, 1.54) is 0 Å². The Morgan fingerprint density at radius 2 is 2.22 bits per heavy atom. The summed E-state index contributed by atoms with van der Waals surface area (Å²) in [5.41, 5.74) is 6.42. The minimum atomic E-state index is -0.371. The van der Waals surface area contributed by atoms with Crippen LogP contribution in [0.4, 0.5) is 5.69 Å². The molecule has 1 heterocycles. The van der Waals surface area contributed by atoms with Crippen LogP contribution in [0.15, 0.2) is 40.8 Å². The quantitative estimate of drug-likeness (QED) is 0.857. The van der Waals surface area contributed by atoms with Gasteiger partial charge in [0, 0.05) is 5.69 Å². The number of rotatable bonds is 3. The molecular weight excluding hydrogens is 230 g/mol. The first-order valence-corrected chi connectivity index (χ1v) is 5.33. The predicted octanol–water partition coefficient (Wildman–Crippen LogP) is 1.86. The Hall–Kier alpha value is -2.58. The summed E-state index contributed by atoms with van der Waals surface area (Å²) in [6.45, 7) is 0.247. The van der Waals surface area contributed by atoms with E-state index in [-0.39, 0.29) is 18.2 Å². The largest absolute Gasteiger partial charge is 0.455 e. The third kappa shape index (κ3) is 2.56. The Kier molecular flexibility index (Phi) is 3.41. The van der Waals surface area contributed by atoms with Crippen molar-refractivity contribution in [3.63, 3.8) is 0 Å². The molecule has 18 heavy (non-hydrogen) atoms. The molecule has 0 fully saturated rings. The Morgan fingerprint density at radius 3 is 2.89 bits per heavy atom. The van der Waals surface area contributed by atoms with E-state index in [2.05, 4.69) is 5.32 Å². The molecule has 0 aliphatic rings. The van der Waals surface area contributed by atoms with Gasteiger partial charge in [-0.25, -0.2) is 0 Å². The molecule has 0 atom stereocenters. The van der Waals surface area contributed by atoms with Crippen molar-refractivity contribution in [3.8, 4) is 6.07 Å². The molecule has 0 aliphatic heterocycles. The van der Waals surface area contributed by atoms with Gasteiger partial charge in [0.2, 0.25) is 0 Å². The van der Waals surface area contributed by atoms with Crippen LogP contribution >= 0.6 is 0 Å². The molecule has 0 unspecified atom stereocenters. The van der Waals surface area contributed by atoms with E-state index in [0.717, 1.165) is 0 Å². The van der Waals surface area contributed by atoms with Gasteiger partial charge in [0.1, 0.15) is 5.76 Å². The molecule has 3 N–H and O–H groups in total. The Bertz CT molecular complexity index is 611. The first-order chi connectivity index (χ1) is 8.72. The van der Waals surface area contributed by atoms with E-state index in [1.807, 2.05) is 6.07 Å². The number of nitriles is 1. The van der Waals surface area contributed by atoms with Crippen LogP contribution in [0.5, 0.6) is 0 Å². The van der Waals surface area contributed by atoms with E-state index in [9.17, 15) is 4.79 Å². The number of nitrogens with one attached hydrogen (secondary N) is 1. The Balaban J connectivity index is 2.13. The van der Waals surface area contributed by atoms with Crippen LogP contribution in [0.25, 0.3) is 0 Å². The van der Waals surface area contributed by atoms with Crippen LogP contribution in [0, 0.1) is 11.3 Å². The molecule has 0 bridgehead atoms. The molecule has 5 nitrogen and oxygen atoms in total. The molecular formula is C13H11N3O2. The van der Waals surface area contributed by atoms with Crippen molar-refractivity contribution in [3.05, 3.63) is 53.5 Å². The van der Waals surface area contributed by atoms with Crippen LogP contribution in [0.3, 0.4) is 0 Å². The fourth-order valence-corrected chi connectivity index (χ4v) is 1.47. The molecule has 0 spiro atoms. The zero-order valence-electron chi connectivity index (χ0n) is 9.51. The predicted molar refractivity (Wildman–Crippen MR) is 65.7 cm³/mol. The second-order valence-corrected chi connectivity index (χ2v) is 3.62. The first-order valence-electron chi connectivity index (χ1n) is 5.33. The minimum absolute atomic E-state index is 0.192. The van der Waals surface area contributed by atoms with Crippen molar-refractivity contribution in [1.29, 1.82) is 5.26 Å². The summed E-state index contributed by atoms with van der Waals surface area (Å²) >= 11 is 0. The number of carbonyl (C=O) groups is 1. The SMILES string of the molecule is N#Cc1cccc(NC(=O)c2ccc(CN)o2)c1. The van der Waals surface area contributed by atoms with Crippen molar-refractivity contribution < 1.29 is 9.21 Å². The van der Waals surface area contributed by atoms with Crippen molar-refractivity contribution in [2.45, 2.75) is 6.54 Å². The van der Waals surface area contributed by atoms with Crippen LogP contribution in [0.1, 0.15) is 21.9 Å². The maximum atomic E-state index is 11.8. The van der Waals surface area contributed by atoms with Gasteiger partial charge in [-0.1, -0.05) is 6.07 Å². The summed E-state index contributed by atoms with van der Waals surface area (Å²) in [7, 11) is 0. The summed E-state index contributed by atoms with van der Waals surface area (Å²) in [6.07, 6.45) is 0. The average molecular weight is 241 g/mol. The van der Waals surface area contributed by atoms with Crippen LogP contribution in [-0.4, -0.2) is 5.91 Å². The molecule has 5 heteroatoms. The second-order valence-electron chi connectivity index (χ2n) is 3.62. The van der Waals surface area contributed by atoms with Gasteiger partial charge < -0.3 is 15.5 Å². The lowest BCUT2D eigenvalue weighted by atomic mass is 10.2. The molecule has 0 radical (unpaired) electrons. The van der Waals surface area contributed by atoms with Gasteiger partial charge in [0.15, 0.2) is 5.76 Å². The zero-order valence-corrected chi connectivity index (χ0v) is 9.51. The number of amides is 1. The van der Waals surface area contributed by atoms with Crippen molar-refractivity contribution >= 4 is 11.6 Å². The molecule has 2 aromatic rings. The molecule has 2 rings (SSSR count). The molecule has 0 saturated heterocycles. The Morgan fingerprint density at radius 1 is 1.39 bits per heavy atom. The highest BCUT2D eigenvalue weighted by Gasteiger charge is 2.10. The summed E-state index contributed by atoms with van der Waals surface area (Å²) in [5, 5.41) is 11.4. The molecule has 90 valence electrons. The van der Waals surface area contributed by atoms with E-state index in [0.29, 0.717) is 17.0 Å². The lowest BCUT2D eigenvalue weighted by Gasteiger charge is -2.02. The second kappa shape index (κ2) is 5.17. The normalized spacial score (nSPS) is 9.78. The average Bonchev–Trinajstić information content (AvgIpc) is 2.88. The number of benzene rings is 1. The number of hydrogen-bond acceptors (Lipinski definition) is 4. The fourth-order valence-electron chi connectivity index (χ4n) is 1.47. The third-order valence-electron chi connectivity index (χ3n) is 2.34. The van der Waals surface area contributed by atoms with Gasteiger partial charge in [-0.3, -0.25) is 4.79 Å². The number of carbonyl (C=O) groups excluding carboxylic acids is 1. The van der Waals surface area contributed by atoms with Crippen LogP contribution < -0.4 is 11.1 Å². The summed E-state index contributed by atoms with van der Waals surface area (Å²) in [6, 6.07) is 11.9. The summed E-state index contributed by atoms with van der Waals surface area (Å²) in [5.74, 6) is 0.369. The fraction of sp³-hybridized carbons (Fsp3) is 0.0769. The first kappa shape index (κ1) is 11.9. The van der Waals surface area contributed by atoms with E-state index in [4.69, 9.17) is 15.4 Å². The third-order valence-corrected chi connectivity index (χ3v) is 2.34. The number of nitrogens with two attached hydrogens (primary N) is 1. The maximum Gasteiger partial charge on any atom is 0.291 e. The van der Waals surface area contributed by atoms with Gasteiger partial charge in [0.05, 0.1) is 18.2 Å². The maximum absolute atomic E-state index is 11.8. The monoisotopic (exact) mass is 241 g/mol. The summed E-state index contributed by atoms with van der Waals surface area (Å²) in [4.78, 5) is 11.8. The zero-order chi connectivity index (χ0) is 13.0. The molecule has 0 saturated carbocycles. The number of hydrogen-bond donors (Lipinski definition) is 2.